The summed E-state index contributed by atoms with van der Waals surface area (Å²) < 4.78 is 5.19. The maximum Gasteiger partial charge on any atom is 1.00 e. The predicted octanol–water partition coefficient (Wildman–Crippen LogP) is -3.79. The smallest absolute Gasteiger partial charge is 0.548 e. The Balaban J connectivity index is 0.00000144. The number of carboxylic acid groups (broad SMARTS) is 1. The van der Waals surface area contributed by atoms with E-state index in [1.54, 1.807) is 24.4 Å². The summed E-state index contributed by atoms with van der Waals surface area (Å²) in [5.74, 6) is -1.11. The third-order valence-corrected chi connectivity index (χ3v) is 2.60. The van der Waals surface area contributed by atoms with E-state index < -0.39 is 12.0 Å². The molecule has 0 spiro atoms. The molecule has 1 saturated heterocycles. The molecule has 2 heterocycles. The van der Waals surface area contributed by atoms with Crippen LogP contribution in [0.5, 0.6) is 0 Å². The van der Waals surface area contributed by atoms with Gasteiger partial charge in [0.2, 0.25) is 0 Å². The van der Waals surface area contributed by atoms with Gasteiger partial charge in [0.15, 0.2) is 0 Å². The predicted molar refractivity (Wildman–Crippen MR) is 54.4 cm³/mol. The number of aromatic nitrogens is 1. The van der Waals surface area contributed by atoms with E-state index in [-0.39, 0.29) is 51.4 Å². The average molecular weight is 260 g/mol. The molecule has 1 fully saturated rings. The second-order valence-corrected chi connectivity index (χ2v) is 3.62. The molecule has 0 bridgehead atoms. The molecule has 17 heavy (non-hydrogen) atoms. The van der Waals surface area contributed by atoms with Crippen molar-refractivity contribution in [1.29, 1.82) is 0 Å². The third-order valence-electron chi connectivity index (χ3n) is 2.60. The van der Waals surface area contributed by atoms with E-state index in [1.807, 2.05) is 4.90 Å². The molecular formula is C11H13KN2O3. The van der Waals surface area contributed by atoms with Crippen LogP contribution in [-0.2, 0) is 9.53 Å². The number of carbonyl (C=O) groups excluding carboxylic acids is 1. The van der Waals surface area contributed by atoms with Crippen molar-refractivity contribution < 1.29 is 66.0 Å². The van der Waals surface area contributed by atoms with Crippen LogP contribution < -0.4 is 56.5 Å². The van der Waals surface area contributed by atoms with E-state index >= 15 is 0 Å². The van der Waals surface area contributed by atoms with Gasteiger partial charge in [-0.3, -0.25) is 9.88 Å². The zero-order chi connectivity index (χ0) is 11.4. The molecule has 0 aliphatic carbocycles. The van der Waals surface area contributed by atoms with E-state index in [2.05, 4.69) is 4.98 Å². The molecule has 1 aliphatic heterocycles. The number of rotatable bonds is 3. The second kappa shape index (κ2) is 7.58. The molecule has 1 aliphatic rings. The third kappa shape index (κ3) is 4.09. The number of nitrogens with zero attached hydrogens (tertiary/aromatic N) is 2. The maximum atomic E-state index is 11.2. The van der Waals surface area contributed by atoms with E-state index in [9.17, 15) is 9.90 Å². The van der Waals surface area contributed by atoms with Gasteiger partial charge in [-0.05, 0) is 12.1 Å². The largest absolute Gasteiger partial charge is 1.00 e. The Kier molecular flexibility index (Phi) is 6.79. The van der Waals surface area contributed by atoms with Gasteiger partial charge in [-0.25, -0.2) is 0 Å². The summed E-state index contributed by atoms with van der Waals surface area (Å²) >= 11 is 0. The van der Waals surface area contributed by atoms with Gasteiger partial charge in [-0.15, -0.1) is 0 Å². The van der Waals surface area contributed by atoms with Crippen LogP contribution in [0.3, 0.4) is 0 Å². The summed E-state index contributed by atoms with van der Waals surface area (Å²) in [5, 5.41) is 11.2. The Hall–Kier alpha value is 0.176. The molecule has 0 amide bonds. The van der Waals surface area contributed by atoms with E-state index in [1.165, 1.54) is 0 Å². The Bertz CT molecular complexity index is 355. The van der Waals surface area contributed by atoms with Gasteiger partial charge in [0.25, 0.3) is 0 Å². The summed E-state index contributed by atoms with van der Waals surface area (Å²) in [7, 11) is 0. The Labute approximate surface area is 143 Å². The Morgan fingerprint density at radius 3 is 2.65 bits per heavy atom. The molecule has 1 unspecified atom stereocenters. The summed E-state index contributed by atoms with van der Waals surface area (Å²) in [5.41, 5.74) is 0.518. The molecule has 6 heteroatoms. The first-order valence-corrected chi connectivity index (χ1v) is 5.22. The van der Waals surface area contributed by atoms with Crippen molar-refractivity contribution in [2.75, 3.05) is 26.3 Å². The average Bonchev–Trinajstić information content (AvgIpc) is 2.31. The van der Waals surface area contributed by atoms with Crippen LogP contribution in [-0.4, -0.2) is 42.2 Å². The van der Waals surface area contributed by atoms with Crippen molar-refractivity contribution in [1.82, 2.24) is 9.88 Å². The zero-order valence-electron chi connectivity index (χ0n) is 9.83. The number of ether oxygens (including phenoxy) is 1. The quantitative estimate of drug-likeness (QED) is 0.522. The minimum atomic E-state index is -1.11. The fourth-order valence-electron chi connectivity index (χ4n) is 1.83. The molecular weight excluding hydrogens is 247 g/mol. The van der Waals surface area contributed by atoms with E-state index in [0.717, 1.165) is 0 Å². The van der Waals surface area contributed by atoms with Crippen molar-refractivity contribution >= 4 is 5.97 Å². The molecule has 0 aromatic carbocycles. The molecule has 0 radical (unpaired) electrons. The number of hydrogen-bond donors (Lipinski definition) is 0. The minimum Gasteiger partial charge on any atom is -0.548 e. The molecule has 2 rings (SSSR count). The number of carbonyl (C=O) groups is 1. The number of pyridine rings is 1. The molecule has 0 saturated carbocycles. The number of morpholine rings is 1. The van der Waals surface area contributed by atoms with Crippen LogP contribution in [0.25, 0.3) is 0 Å². The standard InChI is InChI=1S/C11H14N2O3.K/c14-11(15)10(9-3-1-2-4-12-9)13-5-7-16-8-6-13;/h1-4,10H,5-8H2,(H,14,15);/q;+1/p-1. The first kappa shape index (κ1) is 15.2. The molecule has 86 valence electrons. The topological polar surface area (TPSA) is 65.5 Å². The Morgan fingerprint density at radius 2 is 2.12 bits per heavy atom. The first-order valence-electron chi connectivity index (χ1n) is 5.22. The Morgan fingerprint density at radius 1 is 1.41 bits per heavy atom. The van der Waals surface area contributed by atoms with Crippen molar-refractivity contribution in [3.8, 4) is 0 Å². The molecule has 1 aromatic heterocycles. The van der Waals surface area contributed by atoms with Gasteiger partial charge in [0, 0.05) is 19.3 Å². The second-order valence-electron chi connectivity index (χ2n) is 3.62. The summed E-state index contributed by atoms with van der Waals surface area (Å²) in [6.07, 6.45) is 1.59. The first-order chi connectivity index (χ1) is 7.79. The molecule has 1 atom stereocenters. The van der Waals surface area contributed by atoms with Crippen molar-refractivity contribution in [2.45, 2.75) is 6.04 Å². The van der Waals surface area contributed by atoms with Crippen molar-refractivity contribution in [3.05, 3.63) is 30.1 Å². The van der Waals surface area contributed by atoms with Crippen LogP contribution in [0, 0.1) is 0 Å². The van der Waals surface area contributed by atoms with Gasteiger partial charge in [0.1, 0.15) is 0 Å². The fourth-order valence-corrected chi connectivity index (χ4v) is 1.83. The maximum absolute atomic E-state index is 11.2. The summed E-state index contributed by atoms with van der Waals surface area (Å²) in [4.78, 5) is 17.1. The molecule has 5 nitrogen and oxygen atoms in total. The van der Waals surface area contributed by atoms with Gasteiger partial charge in [-0.2, -0.15) is 0 Å². The van der Waals surface area contributed by atoms with Gasteiger partial charge < -0.3 is 14.6 Å². The number of carboxylic acids is 1. The number of hydrogen-bond acceptors (Lipinski definition) is 5. The van der Waals surface area contributed by atoms with Crippen molar-refractivity contribution in [2.24, 2.45) is 0 Å². The normalized spacial score (nSPS) is 18.1. The molecule has 1 aromatic rings. The monoisotopic (exact) mass is 260 g/mol. The molecule has 0 N–H and O–H groups in total. The summed E-state index contributed by atoms with van der Waals surface area (Å²) in [6, 6.07) is 4.47. The van der Waals surface area contributed by atoms with Crippen LogP contribution in [0.2, 0.25) is 0 Å². The van der Waals surface area contributed by atoms with Crippen LogP contribution >= 0.6 is 0 Å². The van der Waals surface area contributed by atoms with Gasteiger partial charge in [-0.1, -0.05) is 6.07 Å². The van der Waals surface area contributed by atoms with Crippen LogP contribution in [0.4, 0.5) is 0 Å². The SMILES string of the molecule is O=C([O-])C(c1ccccn1)N1CCOCC1.[K+]. The summed E-state index contributed by atoms with van der Waals surface area (Å²) in [6.45, 7) is 2.29. The van der Waals surface area contributed by atoms with Crippen LogP contribution in [0.1, 0.15) is 11.7 Å². The number of aliphatic carboxylic acids is 1. The minimum absolute atomic E-state index is 0. The van der Waals surface area contributed by atoms with E-state index in [0.29, 0.717) is 32.0 Å². The van der Waals surface area contributed by atoms with Crippen molar-refractivity contribution in [3.63, 3.8) is 0 Å². The van der Waals surface area contributed by atoms with E-state index in [4.69, 9.17) is 4.74 Å². The fraction of sp³-hybridized carbons (Fsp3) is 0.455. The van der Waals surface area contributed by atoms with Gasteiger partial charge in [0.05, 0.1) is 30.9 Å². The van der Waals surface area contributed by atoms with Crippen LogP contribution in [0.15, 0.2) is 24.4 Å². The van der Waals surface area contributed by atoms with Gasteiger partial charge >= 0.3 is 51.4 Å². The zero-order valence-corrected chi connectivity index (χ0v) is 13.0.